The Morgan fingerprint density at radius 1 is 1.15 bits per heavy atom. The average molecular weight is 389 g/mol. The first kappa shape index (κ1) is 18.2. The Morgan fingerprint density at radius 2 is 1.89 bits per heavy atom. The Hall–Kier alpha value is -3.58. The fourth-order valence-corrected chi connectivity index (χ4v) is 3.54. The molecule has 7 nitrogen and oxygen atoms in total. The van der Waals surface area contributed by atoms with E-state index in [1.54, 1.807) is 4.72 Å². The number of carbonyl (C=O) groups excluding carboxylic acids is 1. The van der Waals surface area contributed by atoms with Crippen LogP contribution in [-0.4, -0.2) is 19.3 Å². The Balaban J connectivity index is 2.03. The third-order valence-electron chi connectivity index (χ3n) is 3.66. The molecule has 1 heterocycles. The molecule has 0 saturated carbocycles. The summed E-state index contributed by atoms with van der Waals surface area (Å²) in [6.45, 7) is 0. The molecular weight excluding hydrogens is 380 g/mol. The molecule has 0 aliphatic rings. The van der Waals surface area contributed by atoms with Crippen molar-refractivity contribution < 1.29 is 22.0 Å². The van der Waals surface area contributed by atoms with E-state index in [0.717, 1.165) is 36.4 Å². The Kier molecular flexibility index (Phi) is 4.47. The number of fused-ring (bicyclic) bond motifs is 1. The van der Waals surface area contributed by atoms with Crippen LogP contribution in [0.25, 0.3) is 10.9 Å². The fraction of sp³-hybridized carbons (Fsp3) is 0. The molecule has 3 rings (SSSR count). The van der Waals surface area contributed by atoms with Crippen molar-refractivity contribution >= 4 is 26.8 Å². The van der Waals surface area contributed by atoms with Crippen LogP contribution in [0, 0.1) is 23.0 Å². The average Bonchev–Trinajstić information content (AvgIpc) is 2.60. The molecule has 0 unspecified atom stereocenters. The number of hydrogen-bond donors (Lipinski definition) is 2. The summed E-state index contributed by atoms with van der Waals surface area (Å²) < 4.78 is 53.2. The largest absolute Gasteiger partial charge is 0.321 e. The third kappa shape index (κ3) is 3.40. The smallest absolute Gasteiger partial charge is 0.270 e. The monoisotopic (exact) mass is 389 g/mol. The maximum absolute atomic E-state index is 13.6. The maximum atomic E-state index is 13.6. The number of amides is 1. The van der Waals surface area contributed by atoms with Gasteiger partial charge in [-0.3, -0.25) is 9.59 Å². The quantitative estimate of drug-likeness (QED) is 0.708. The Bertz CT molecular complexity index is 1290. The zero-order valence-corrected chi connectivity index (χ0v) is 14.1. The summed E-state index contributed by atoms with van der Waals surface area (Å²) >= 11 is 0. The topological polar surface area (TPSA) is 120 Å². The number of nitrogens with zero attached hydrogens (tertiary/aromatic N) is 1. The van der Waals surface area contributed by atoms with Crippen LogP contribution in [-0.2, 0) is 10.0 Å². The molecule has 1 aromatic heterocycles. The molecule has 0 fully saturated rings. The first-order valence-corrected chi connectivity index (χ1v) is 8.79. The van der Waals surface area contributed by atoms with E-state index in [0.29, 0.717) is 5.39 Å². The van der Waals surface area contributed by atoms with Crippen LogP contribution in [0.4, 0.5) is 8.78 Å². The van der Waals surface area contributed by atoms with Crippen molar-refractivity contribution in [3.8, 4) is 6.07 Å². The lowest BCUT2D eigenvalue weighted by molar-refractivity contribution is 0.0980. The van der Waals surface area contributed by atoms with E-state index in [9.17, 15) is 26.8 Å². The van der Waals surface area contributed by atoms with E-state index in [-0.39, 0.29) is 5.52 Å². The van der Waals surface area contributed by atoms with Crippen molar-refractivity contribution in [3.05, 3.63) is 75.6 Å². The highest BCUT2D eigenvalue weighted by molar-refractivity contribution is 7.90. The molecule has 0 aliphatic heterocycles. The minimum absolute atomic E-state index is 0.122. The number of H-pyrrole nitrogens is 1. The van der Waals surface area contributed by atoms with Crippen LogP contribution in [0.1, 0.15) is 15.9 Å². The summed E-state index contributed by atoms with van der Waals surface area (Å²) in [6.07, 6.45) is 0. The van der Waals surface area contributed by atoms with E-state index < -0.39 is 49.1 Å². The van der Waals surface area contributed by atoms with Crippen molar-refractivity contribution in [2.75, 3.05) is 0 Å². The molecule has 2 aromatic carbocycles. The molecule has 3 aromatic rings. The number of aromatic amines is 1. The number of halogens is 2. The van der Waals surface area contributed by atoms with Gasteiger partial charge < -0.3 is 4.98 Å². The summed E-state index contributed by atoms with van der Waals surface area (Å²) in [5.41, 5.74) is -2.13. The molecule has 1 amide bonds. The highest BCUT2D eigenvalue weighted by Crippen LogP contribution is 2.18. The van der Waals surface area contributed by atoms with Crippen molar-refractivity contribution in [3.63, 3.8) is 0 Å². The maximum Gasteiger partial charge on any atom is 0.270 e. The highest BCUT2D eigenvalue weighted by atomic mass is 32.2. The SMILES string of the molecule is N#Cc1c(F)cccc1S(=O)(=O)NC(=O)c1cc2ccc(F)cc2[nH]c1=O. The molecule has 10 heteroatoms. The van der Waals surface area contributed by atoms with Crippen LogP contribution < -0.4 is 10.3 Å². The number of carbonyl (C=O) groups is 1. The van der Waals surface area contributed by atoms with Crippen LogP contribution in [0.15, 0.2) is 52.2 Å². The van der Waals surface area contributed by atoms with E-state index in [1.807, 2.05) is 0 Å². The van der Waals surface area contributed by atoms with Gasteiger partial charge in [0.1, 0.15) is 33.7 Å². The van der Waals surface area contributed by atoms with Crippen LogP contribution in [0.5, 0.6) is 0 Å². The van der Waals surface area contributed by atoms with Crippen molar-refractivity contribution in [2.24, 2.45) is 0 Å². The molecule has 2 N–H and O–H groups in total. The van der Waals surface area contributed by atoms with Crippen LogP contribution in [0.3, 0.4) is 0 Å². The van der Waals surface area contributed by atoms with Gasteiger partial charge in [-0.15, -0.1) is 0 Å². The standard InChI is InChI=1S/C17H9F2N3O4S/c18-10-5-4-9-6-11(16(23)21-14(9)7-10)17(24)22-27(25,26)15-3-1-2-13(19)12(15)8-20/h1-7H,(H,21,23)(H,22,24). The van der Waals surface area contributed by atoms with Gasteiger partial charge in [0.05, 0.1) is 5.52 Å². The molecule has 0 spiro atoms. The molecule has 0 bridgehead atoms. The lowest BCUT2D eigenvalue weighted by Gasteiger charge is -2.09. The van der Waals surface area contributed by atoms with Crippen LogP contribution in [0.2, 0.25) is 0 Å². The number of sulfonamides is 1. The zero-order chi connectivity index (χ0) is 19.8. The summed E-state index contributed by atoms with van der Waals surface area (Å²) in [6, 6.07) is 8.86. The molecule has 0 aliphatic carbocycles. The highest BCUT2D eigenvalue weighted by Gasteiger charge is 2.25. The minimum atomic E-state index is -4.62. The number of rotatable bonds is 3. The van der Waals surface area contributed by atoms with Gasteiger partial charge in [0.15, 0.2) is 0 Å². The number of aromatic nitrogens is 1. The van der Waals surface area contributed by atoms with Gasteiger partial charge in [0, 0.05) is 0 Å². The normalized spacial score (nSPS) is 11.1. The van der Waals surface area contributed by atoms with Gasteiger partial charge in [-0.2, -0.15) is 5.26 Å². The minimum Gasteiger partial charge on any atom is -0.321 e. The number of hydrogen-bond acceptors (Lipinski definition) is 5. The Morgan fingerprint density at radius 3 is 2.59 bits per heavy atom. The van der Waals surface area contributed by atoms with E-state index in [4.69, 9.17) is 5.26 Å². The summed E-state index contributed by atoms with van der Waals surface area (Å²) in [5.74, 6) is -2.96. The van der Waals surface area contributed by atoms with Gasteiger partial charge in [-0.05, 0) is 41.8 Å². The molecule has 0 atom stereocenters. The first-order valence-electron chi connectivity index (χ1n) is 7.31. The van der Waals surface area contributed by atoms with E-state index in [2.05, 4.69) is 4.98 Å². The van der Waals surface area contributed by atoms with Crippen molar-refractivity contribution in [1.29, 1.82) is 5.26 Å². The fourth-order valence-electron chi connectivity index (χ4n) is 2.41. The van der Waals surface area contributed by atoms with E-state index >= 15 is 0 Å². The van der Waals surface area contributed by atoms with Crippen molar-refractivity contribution in [1.82, 2.24) is 9.71 Å². The molecule has 0 saturated heterocycles. The number of nitriles is 1. The number of benzene rings is 2. The van der Waals surface area contributed by atoms with Gasteiger partial charge in [-0.25, -0.2) is 21.9 Å². The second kappa shape index (κ2) is 6.62. The number of pyridine rings is 1. The lowest BCUT2D eigenvalue weighted by atomic mass is 10.1. The zero-order valence-electron chi connectivity index (χ0n) is 13.3. The second-order valence-electron chi connectivity index (χ2n) is 5.40. The molecular formula is C17H9F2N3O4S. The molecule has 0 radical (unpaired) electrons. The summed E-state index contributed by atoms with van der Waals surface area (Å²) in [7, 11) is -4.62. The van der Waals surface area contributed by atoms with Crippen LogP contribution >= 0.6 is 0 Å². The van der Waals surface area contributed by atoms with Gasteiger partial charge in [0.25, 0.3) is 21.5 Å². The Labute approximate surface area is 150 Å². The molecule has 27 heavy (non-hydrogen) atoms. The molecule has 136 valence electrons. The third-order valence-corrected chi connectivity index (χ3v) is 5.03. The van der Waals surface area contributed by atoms with Crippen molar-refractivity contribution in [2.45, 2.75) is 4.90 Å². The predicted octanol–water partition coefficient (Wildman–Crippen LogP) is 1.80. The van der Waals surface area contributed by atoms with E-state index in [1.165, 1.54) is 12.1 Å². The summed E-state index contributed by atoms with van der Waals surface area (Å²) in [5, 5.41) is 9.24. The van der Waals surface area contributed by atoms with Gasteiger partial charge in [0.2, 0.25) is 0 Å². The number of nitrogens with one attached hydrogen (secondary N) is 2. The predicted molar refractivity (Wildman–Crippen MR) is 90.3 cm³/mol. The lowest BCUT2D eigenvalue weighted by Crippen LogP contribution is -2.34. The second-order valence-corrected chi connectivity index (χ2v) is 7.05. The van der Waals surface area contributed by atoms with Gasteiger partial charge in [-0.1, -0.05) is 6.07 Å². The summed E-state index contributed by atoms with van der Waals surface area (Å²) in [4.78, 5) is 25.9. The van der Waals surface area contributed by atoms with Gasteiger partial charge >= 0.3 is 0 Å². The first-order chi connectivity index (χ1) is 12.7.